The van der Waals surface area contributed by atoms with Gasteiger partial charge in [0.25, 0.3) is 0 Å². The lowest BCUT2D eigenvalue weighted by molar-refractivity contribution is 0.473. The van der Waals surface area contributed by atoms with E-state index in [2.05, 4.69) is 11.8 Å². The van der Waals surface area contributed by atoms with Gasteiger partial charge < -0.3 is 5.11 Å². The molecule has 0 atom stereocenters. The van der Waals surface area contributed by atoms with E-state index in [4.69, 9.17) is 0 Å². The molecule has 4 nitrogen and oxygen atoms in total. The first-order chi connectivity index (χ1) is 11.3. The van der Waals surface area contributed by atoms with Gasteiger partial charge in [0.1, 0.15) is 11.6 Å². The van der Waals surface area contributed by atoms with Gasteiger partial charge in [0, 0.05) is 18.2 Å². The fourth-order valence-corrected chi connectivity index (χ4v) is 3.69. The average molecular weight is 345 g/mol. The summed E-state index contributed by atoms with van der Waals surface area (Å²) in [6.45, 7) is 0.409. The largest absolute Gasteiger partial charge is 0.507 e. The second kappa shape index (κ2) is 6.17. The molecule has 3 rings (SSSR count). The molecule has 2 aromatic carbocycles. The van der Waals surface area contributed by atoms with Crippen LogP contribution in [0.25, 0.3) is 0 Å². The highest BCUT2D eigenvalue weighted by molar-refractivity contribution is 7.92. The summed E-state index contributed by atoms with van der Waals surface area (Å²) in [7, 11) is -3.38. The third-order valence-corrected chi connectivity index (χ3v) is 5.04. The Kier molecular flexibility index (Phi) is 4.20. The number of aryl methyl sites for hydroxylation is 1. The van der Waals surface area contributed by atoms with E-state index in [-0.39, 0.29) is 11.6 Å². The molecule has 0 bridgehead atoms. The molecule has 0 aliphatic carbocycles. The zero-order valence-electron chi connectivity index (χ0n) is 13.1. The van der Waals surface area contributed by atoms with Gasteiger partial charge in [0.2, 0.25) is 10.0 Å². The Morgan fingerprint density at radius 3 is 2.54 bits per heavy atom. The minimum Gasteiger partial charge on any atom is -0.507 e. The summed E-state index contributed by atoms with van der Waals surface area (Å²) in [5.41, 5.74) is 2.40. The van der Waals surface area contributed by atoms with Crippen LogP contribution in [0, 0.1) is 17.7 Å². The number of hydrogen-bond donors (Lipinski definition) is 1. The predicted octanol–water partition coefficient (Wildman–Crippen LogP) is 2.64. The number of anilines is 1. The average Bonchev–Trinajstić information content (AvgIpc) is 2.53. The number of phenolic OH excluding ortho intramolecular Hbond substituents is 1. The minimum atomic E-state index is -3.38. The number of nitrogens with zero attached hydrogens (tertiary/aromatic N) is 1. The molecule has 124 valence electrons. The van der Waals surface area contributed by atoms with Gasteiger partial charge in [-0.2, -0.15) is 0 Å². The van der Waals surface area contributed by atoms with Crippen LogP contribution in [0.3, 0.4) is 0 Å². The van der Waals surface area contributed by atoms with E-state index in [1.54, 1.807) is 18.2 Å². The third kappa shape index (κ3) is 3.36. The molecule has 0 aromatic heterocycles. The Morgan fingerprint density at radius 2 is 1.88 bits per heavy atom. The molecule has 1 heterocycles. The SMILES string of the molecule is CS(=O)(=O)N1CCCc2cc(C#Cc3ccc(F)cc3)c(O)cc21. The van der Waals surface area contributed by atoms with Crippen molar-refractivity contribution in [3.63, 3.8) is 0 Å². The number of aromatic hydroxyl groups is 1. The van der Waals surface area contributed by atoms with Crippen LogP contribution >= 0.6 is 0 Å². The molecule has 0 saturated heterocycles. The van der Waals surface area contributed by atoms with Crippen molar-refractivity contribution in [2.24, 2.45) is 0 Å². The molecule has 0 amide bonds. The van der Waals surface area contributed by atoms with Gasteiger partial charge in [0.15, 0.2) is 0 Å². The van der Waals surface area contributed by atoms with E-state index in [1.807, 2.05) is 0 Å². The maximum Gasteiger partial charge on any atom is 0.232 e. The van der Waals surface area contributed by atoms with Crippen molar-refractivity contribution in [3.05, 3.63) is 58.9 Å². The van der Waals surface area contributed by atoms with E-state index in [1.165, 1.54) is 22.5 Å². The molecule has 0 unspecified atom stereocenters. The van der Waals surface area contributed by atoms with Crippen molar-refractivity contribution in [2.75, 3.05) is 17.1 Å². The second-order valence-corrected chi connectivity index (χ2v) is 7.60. The van der Waals surface area contributed by atoms with Crippen molar-refractivity contribution in [1.29, 1.82) is 0 Å². The molecule has 0 fully saturated rings. The smallest absolute Gasteiger partial charge is 0.232 e. The number of sulfonamides is 1. The number of hydrogen-bond acceptors (Lipinski definition) is 3. The van der Waals surface area contributed by atoms with Crippen LogP contribution in [-0.4, -0.2) is 26.3 Å². The first kappa shape index (κ1) is 16.3. The lowest BCUT2D eigenvalue weighted by Gasteiger charge is -2.29. The molecule has 0 radical (unpaired) electrons. The highest BCUT2D eigenvalue weighted by Crippen LogP contribution is 2.34. The Bertz CT molecular complexity index is 941. The van der Waals surface area contributed by atoms with Gasteiger partial charge in [-0.15, -0.1) is 0 Å². The van der Waals surface area contributed by atoms with Crippen LogP contribution in [0.2, 0.25) is 0 Å². The first-order valence-corrected chi connectivity index (χ1v) is 9.30. The Balaban J connectivity index is 1.99. The molecule has 2 aromatic rings. The third-order valence-electron chi connectivity index (χ3n) is 3.86. The van der Waals surface area contributed by atoms with Gasteiger partial charge >= 0.3 is 0 Å². The van der Waals surface area contributed by atoms with Gasteiger partial charge in [-0.1, -0.05) is 11.8 Å². The Hall–Kier alpha value is -2.52. The van der Waals surface area contributed by atoms with E-state index in [0.29, 0.717) is 23.4 Å². The van der Waals surface area contributed by atoms with Crippen molar-refractivity contribution in [2.45, 2.75) is 12.8 Å². The summed E-state index contributed by atoms with van der Waals surface area (Å²) in [5, 5.41) is 10.2. The molecular formula is C18H16FNO3S. The van der Waals surface area contributed by atoms with Crippen LogP contribution < -0.4 is 4.31 Å². The Morgan fingerprint density at radius 1 is 1.17 bits per heavy atom. The van der Waals surface area contributed by atoms with Crippen LogP contribution in [0.15, 0.2) is 36.4 Å². The summed E-state index contributed by atoms with van der Waals surface area (Å²) < 4.78 is 37.9. The molecule has 24 heavy (non-hydrogen) atoms. The number of fused-ring (bicyclic) bond motifs is 1. The lowest BCUT2D eigenvalue weighted by atomic mass is 10.00. The standard InChI is InChI=1S/C18H16FNO3S/c1-24(22,23)20-10-2-3-14-11-15(18(21)12-17(14)20)7-4-13-5-8-16(19)9-6-13/h5-6,8-9,11-12,21H,2-3,10H2,1H3. The molecule has 1 aliphatic heterocycles. The van der Waals surface area contributed by atoms with E-state index < -0.39 is 10.0 Å². The van der Waals surface area contributed by atoms with Crippen LogP contribution in [-0.2, 0) is 16.4 Å². The van der Waals surface area contributed by atoms with Crippen molar-refractivity contribution >= 4 is 15.7 Å². The first-order valence-electron chi connectivity index (χ1n) is 7.46. The van der Waals surface area contributed by atoms with Crippen molar-refractivity contribution in [3.8, 4) is 17.6 Å². The lowest BCUT2D eigenvalue weighted by Crippen LogP contribution is -2.34. The van der Waals surface area contributed by atoms with Gasteiger partial charge in [-0.05, 0) is 48.7 Å². The highest BCUT2D eigenvalue weighted by atomic mass is 32.2. The quantitative estimate of drug-likeness (QED) is 0.809. The van der Waals surface area contributed by atoms with Crippen molar-refractivity contribution in [1.82, 2.24) is 0 Å². The maximum absolute atomic E-state index is 12.9. The normalized spacial score (nSPS) is 13.8. The minimum absolute atomic E-state index is 0.0705. The topological polar surface area (TPSA) is 57.6 Å². The van der Waals surface area contributed by atoms with E-state index >= 15 is 0 Å². The Labute approximate surface area is 140 Å². The molecule has 0 saturated carbocycles. The van der Waals surface area contributed by atoms with Crippen molar-refractivity contribution < 1.29 is 17.9 Å². The summed E-state index contributed by atoms with van der Waals surface area (Å²) in [6, 6.07) is 8.93. The molecule has 0 spiro atoms. The van der Waals surface area contributed by atoms with Crippen LogP contribution in [0.5, 0.6) is 5.75 Å². The second-order valence-electron chi connectivity index (χ2n) is 5.69. The molecular weight excluding hydrogens is 329 g/mol. The monoisotopic (exact) mass is 345 g/mol. The molecule has 6 heteroatoms. The maximum atomic E-state index is 12.9. The van der Waals surface area contributed by atoms with Gasteiger partial charge in [-0.3, -0.25) is 4.31 Å². The van der Waals surface area contributed by atoms with E-state index in [9.17, 15) is 17.9 Å². The van der Waals surface area contributed by atoms with Crippen LogP contribution in [0.1, 0.15) is 23.1 Å². The summed E-state index contributed by atoms with van der Waals surface area (Å²) in [6.07, 6.45) is 2.60. The van der Waals surface area contributed by atoms with E-state index in [0.717, 1.165) is 24.7 Å². The summed E-state index contributed by atoms with van der Waals surface area (Å²) in [5.74, 6) is 5.33. The zero-order valence-corrected chi connectivity index (χ0v) is 13.9. The highest BCUT2D eigenvalue weighted by Gasteiger charge is 2.25. The number of benzene rings is 2. The fourth-order valence-electron chi connectivity index (χ4n) is 2.71. The van der Waals surface area contributed by atoms with Crippen LogP contribution in [0.4, 0.5) is 10.1 Å². The number of halogens is 1. The fraction of sp³-hybridized carbons (Fsp3) is 0.222. The summed E-state index contributed by atoms with van der Waals surface area (Å²) >= 11 is 0. The van der Waals surface area contributed by atoms with Gasteiger partial charge in [-0.25, -0.2) is 12.8 Å². The number of phenols is 1. The zero-order chi connectivity index (χ0) is 17.3. The van der Waals surface area contributed by atoms with Gasteiger partial charge in [0.05, 0.1) is 17.5 Å². The summed E-state index contributed by atoms with van der Waals surface area (Å²) in [4.78, 5) is 0. The molecule has 1 aliphatic rings. The predicted molar refractivity (Wildman–Crippen MR) is 91.0 cm³/mol. The number of rotatable bonds is 1. The molecule has 1 N–H and O–H groups in total.